The van der Waals surface area contributed by atoms with Crippen molar-refractivity contribution in [2.75, 3.05) is 44.2 Å². The molecule has 0 aliphatic carbocycles. The topological polar surface area (TPSA) is 52.0 Å². The molecule has 42 heavy (non-hydrogen) atoms. The first-order valence-electron chi connectivity index (χ1n) is 14.1. The summed E-state index contributed by atoms with van der Waals surface area (Å²) in [6, 6.07) is 33.4. The summed E-state index contributed by atoms with van der Waals surface area (Å²) in [7, 11) is 5.74. The van der Waals surface area contributed by atoms with E-state index in [1.165, 1.54) is 11.1 Å². The van der Waals surface area contributed by atoms with Crippen molar-refractivity contribution in [3.05, 3.63) is 132 Å². The van der Waals surface area contributed by atoms with Crippen LogP contribution in [0, 0.1) is 0 Å². The second-order valence-corrected chi connectivity index (χ2v) is 10.3. The lowest BCUT2D eigenvalue weighted by Crippen LogP contribution is -2.22. The molecule has 4 aromatic carbocycles. The molecule has 7 nitrogen and oxygen atoms in total. The predicted octanol–water partition coefficient (Wildman–Crippen LogP) is 6.75. The summed E-state index contributed by atoms with van der Waals surface area (Å²) in [6.45, 7) is 2.98. The molecule has 1 heterocycles. The van der Waals surface area contributed by atoms with E-state index in [0.717, 1.165) is 47.2 Å². The Morgan fingerprint density at radius 3 is 2.21 bits per heavy atom. The summed E-state index contributed by atoms with van der Waals surface area (Å²) in [4.78, 5) is 8.64. The molecule has 0 unspecified atom stereocenters. The van der Waals surface area contributed by atoms with E-state index in [9.17, 15) is 0 Å². The number of hydrogen-bond donors (Lipinski definition) is 0. The fourth-order valence-electron chi connectivity index (χ4n) is 4.78. The first-order valence-corrected chi connectivity index (χ1v) is 14.1. The Labute approximate surface area is 248 Å². The zero-order chi connectivity index (χ0) is 29.1. The van der Waals surface area contributed by atoms with Gasteiger partial charge in [0.05, 0.1) is 26.7 Å². The van der Waals surface area contributed by atoms with E-state index in [1.54, 1.807) is 13.3 Å². The summed E-state index contributed by atoms with van der Waals surface area (Å²) < 4.78 is 19.4. The van der Waals surface area contributed by atoms with Gasteiger partial charge in [0.15, 0.2) is 0 Å². The minimum absolute atomic E-state index is 0.492. The van der Waals surface area contributed by atoms with Crippen LogP contribution in [0.5, 0.6) is 11.5 Å². The molecule has 5 aromatic rings. The Morgan fingerprint density at radius 1 is 0.714 bits per heavy atom. The molecule has 0 amide bonds. The van der Waals surface area contributed by atoms with Crippen molar-refractivity contribution in [3.8, 4) is 17.2 Å². The zero-order valence-corrected chi connectivity index (χ0v) is 24.5. The molecule has 0 aliphatic heterocycles. The number of benzene rings is 4. The van der Waals surface area contributed by atoms with Gasteiger partial charge in [-0.3, -0.25) is 0 Å². The Kier molecular flexibility index (Phi) is 9.75. The molecule has 216 valence electrons. The van der Waals surface area contributed by atoms with E-state index >= 15 is 0 Å². The molecular weight excluding hydrogens is 524 g/mol. The van der Waals surface area contributed by atoms with Crippen LogP contribution < -0.4 is 19.3 Å². The van der Waals surface area contributed by atoms with E-state index in [2.05, 4.69) is 81.5 Å². The summed E-state index contributed by atoms with van der Waals surface area (Å²) in [5.74, 6) is 1.70. The van der Waals surface area contributed by atoms with Gasteiger partial charge in [-0.05, 0) is 65.2 Å². The van der Waals surface area contributed by atoms with E-state index in [0.29, 0.717) is 19.8 Å². The number of ether oxygens (including phenoxy) is 3. The smallest absolute Gasteiger partial charge is 0.121 e. The number of anilines is 2. The minimum Gasteiger partial charge on any atom is -0.497 e. The first-order chi connectivity index (χ1) is 20.6. The molecular formula is C35H38N4O3. The van der Waals surface area contributed by atoms with Crippen LogP contribution in [0.1, 0.15) is 16.7 Å². The average molecular weight is 563 g/mol. The van der Waals surface area contributed by atoms with Crippen molar-refractivity contribution in [3.63, 3.8) is 0 Å². The summed E-state index contributed by atoms with van der Waals surface area (Å²) >= 11 is 0. The van der Waals surface area contributed by atoms with Crippen LogP contribution in [0.4, 0.5) is 11.4 Å². The third-order valence-corrected chi connectivity index (χ3v) is 6.97. The molecule has 0 saturated heterocycles. The van der Waals surface area contributed by atoms with Crippen molar-refractivity contribution in [1.29, 1.82) is 0 Å². The molecule has 0 radical (unpaired) electrons. The number of hydrogen-bond acceptors (Lipinski definition) is 6. The van der Waals surface area contributed by atoms with Gasteiger partial charge in [0.2, 0.25) is 0 Å². The van der Waals surface area contributed by atoms with E-state index in [1.807, 2.05) is 61.5 Å². The van der Waals surface area contributed by atoms with Gasteiger partial charge in [-0.2, -0.15) is 0 Å². The van der Waals surface area contributed by atoms with Crippen LogP contribution >= 0.6 is 0 Å². The van der Waals surface area contributed by atoms with Crippen molar-refractivity contribution in [2.45, 2.75) is 19.7 Å². The van der Waals surface area contributed by atoms with Gasteiger partial charge in [0.25, 0.3) is 0 Å². The van der Waals surface area contributed by atoms with Crippen molar-refractivity contribution >= 4 is 11.4 Å². The van der Waals surface area contributed by atoms with E-state index in [4.69, 9.17) is 14.2 Å². The quantitative estimate of drug-likeness (QED) is 0.140. The third-order valence-electron chi connectivity index (χ3n) is 6.97. The van der Waals surface area contributed by atoms with Gasteiger partial charge in [0, 0.05) is 62.7 Å². The molecule has 1 aromatic heterocycles. The van der Waals surface area contributed by atoms with Gasteiger partial charge in [-0.15, -0.1) is 0 Å². The van der Waals surface area contributed by atoms with Crippen LogP contribution in [-0.2, 0) is 24.4 Å². The highest BCUT2D eigenvalue weighted by Crippen LogP contribution is 2.25. The largest absolute Gasteiger partial charge is 0.497 e. The summed E-state index contributed by atoms with van der Waals surface area (Å²) in [6.07, 6.45) is 5.58. The van der Waals surface area contributed by atoms with Crippen LogP contribution in [0.25, 0.3) is 5.69 Å². The monoisotopic (exact) mass is 562 g/mol. The maximum Gasteiger partial charge on any atom is 0.121 e. The van der Waals surface area contributed by atoms with Crippen LogP contribution in [0.15, 0.2) is 116 Å². The zero-order valence-electron chi connectivity index (χ0n) is 24.5. The Hall–Kier alpha value is -4.75. The Balaban J connectivity index is 1.26. The lowest BCUT2D eigenvalue weighted by Gasteiger charge is -2.26. The minimum atomic E-state index is 0.492. The van der Waals surface area contributed by atoms with E-state index < -0.39 is 0 Å². The standard InChI is InChI=1S/C35H38N4O3/c1-37(2)31-11-7-15-35(23-31)42-19-18-41-26-30-10-5-13-33(21-30)39(25-29-9-6-14-34(22-29)40-3)24-28-8-4-12-32(20-28)38-17-16-36-27-38/h4-17,20-23,27H,18-19,24-26H2,1-3H3. The molecule has 0 aliphatic rings. The highest BCUT2D eigenvalue weighted by atomic mass is 16.5. The maximum absolute atomic E-state index is 6.00. The van der Waals surface area contributed by atoms with E-state index in [-0.39, 0.29) is 0 Å². The van der Waals surface area contributed by atoms with Gasteiger partial charge in [-0.25, -0.2) is 4.98 Å². The van der Waals surface area contributed by atoms with Gasteiger partial charge < -0.3 is 28.6 Å². The normalized spacial score (nSPS) is 10.8. The van der Waals surface area contributed by atoms with Crippen LogP contribution in [-0.4, -0.2) is 44.0 Å². The highest BCUT2D eigenvalue weighted by Gasteiger charge is 2.12. The van der Waals surface area contributed by atoms with Crippen molar-refractivity contribution < 1.29 is 14.2 Å². The molecule has 0 N–H and O–H groups in total. The first kappa shape index (κ1) is 28.8. The number of methoxy groups -OCH3 is 1. The summed E-state index contributed by atoms with van der Waals surface area (Å²) in [5.41, 5.74) is 6.83. The lowest BCUT2D eigenvalue weighted by atomic mass is 10.1. The molecule has 7 heteroatoms. The second kappa shape index (κ2) is 14.2. The molecule has 0 bridgehead atoms. The number of rotatable bonds is 14. The lowest BCUT2D eigenvalue weighted by molar-refractivity contribution is 0.0889. The molecule has 5 rings (SSSR count). The van der Waals surface area contributed by atoms with Crippen molar-refractivity contribution in [2.24, 2.45) is 0 Å². The predicted molar refractivity (Wildman–Crippen MR) is 169 cm³/mol. The summed E-state index contributed by atoms with van der Waals surface area (Å²) in [5, 5.41) is 0. The fourth-order valence-corrected chi connectivity index (χ4v) is 4.78. The Morgan fingerprint density at radius 2 is 1.43 bits per heavy atom. The Bertz CT molecular complexity index is 1550. The second-order valence-electron chi connectivity index (χ2n) is 10.3. The van der Waals surface area contributed by atoms with Gasteiger partial charge >= 0.3 is 0 Å². The molecule has 0 atom stereocenters. The molecule has 0 saturated carbocycles. The average Bonchev–Trinajstić information content (AvgIpc) is 3.57. The van der Waals surface area contributed by atoms with Gasteiger partial charge in [0.1, 0.15) is 18.1 Å². The van der Waals surface area contributed by atoms with Crippen LogP contribution in [0.3, 0.4) is 0 Å². The van der Waals surface area contributed by atoms with Crippen molar-refractivity contribution in [1.82, 2.24) is 9.55 Å². The number of aromatic nitrogens is 2. The molecule has 0 fully saturated rings. The fraction of sp³-hybridized carbons (Fsp3) is 0.229. The maximum atomic E-state index is 6.00. The SMILES string of the molecule is COc1cccc(CN(Cc2cccc(-n3ccnc3)c2)c2cccc(COCCOc3cccc(N(C)C)c3)c2)c1. The van der Waals surface area contributed by atoms with Gasteiger partial charge in [-0.1, -0.05) is 42.5 Å². The number of imidazole rings is 1. The third kappa shape index (κ3) is 7.92. The van der Waals surface area contributed by atoms with Crippen LogP contribution in [0.2, 0.25) is 0 Å². The molecule has 0 spiro atoms. The highest BCUT2D eigenvalue weighted by molar-refractivity contribution is 5.51. The number of nitrogens with zero attached hydrogens (tertiary/aromatic N) is 4.